The van der Waals surface area contributed by atoms with Gasteiger partial charge in [0.15, 0.2) is 0 Å². The molecule has 0 N–H and O–H groups in total. The van der Waals surface area contributed by atoms with Crippen LogP contribution >= 0.6 is 0 Å². The highest BCUT2D eigenvalue weighted by atomic mass is 16.5. The molecule has 0 unspecified atom stereocenters. The van der Waals surface area contributed by atoms with Gasteiger partial charge >= 0.3 is 0 Å². The predicted octanol–water partition coefficient (Wildman–Crippen LogP) is 4.96. The Hall–Kier alpha value is -1.70. The zero-order valence-electron chi connectivity index (χ0n) is 12.6. The number of hydrogen-bond donors (Lipinski definition) is 0. The molecule has 0 saturated heterocycles. The molecule has 0 aliphatic carbocycles. The van der Waals surface area contributed by atoms with Crippen molar-refractivity contribution in [3.8, 4) is 11.5 Å². The van der Waals surface area contributed by atoms with Gasteiger partial charge in [0.1, 0.15) is 11.5 Å². The van der Waals surface area contributed by atoms with Crippen molar-refractivity contribution in [3.63, 3.8) is 0 Å². The van der Waals surface area contributed by atoms with Crippen molar-refractivity contribution in [2.45, 2.75) is 39.5 Å². The Balaban J connectivity index is 2.26. The lowest BCUT2D eigenvalue weighted by molar-refractivity contribution is 0.296. The maximum atomic E-state index is 5.69. The third-order valence-electron chi connectivity index (χ3n) is 2.77. The minimum atomic E-state index is 0.714. The first-order valence-electron chi connectivity index (χ1n) is 7.36. The van der Waals surface area contributed by atoms with Crippen LogP contribution < -0.4 is 9.47 Å². The number of ether oxygens (including phenoxy) is 2. The molecule has 0 saturated carbocycles. The average molecular weight is 273 g/mol. The summed E-state index contributed by atoms with van der Waals surface area (Å²) in [5.41, 5.74) is 0. The molecule has 2 nitrogen and oxygen atoms in total. The Kier molecular flexibility index (Phi) is 9.12. The number of allylic oxidation sites excluding steroid dienone is 4. The van der Waals surface area contributed by atoms with Gasteiger partial charge in [0.05, 0.1) is 13.2 Å². The fourth-order valence-corrected chi connectivity index (χ4v) is 1.71. The number of rotatable bonds is 10. The first kappa shape index (κ1) is 16.4. The van der Waals surface area contributed by atoms with Crippen LogP contribution in [0.1, 0.15) is 39.5 Å². The summed E-state index contributed by atoms with van der Waals surface area (Å²) in [5, 5.41) is 0. The molecule has 109 valence electrons. The smallest absolute Gasteiger partial charge is 0.130 e. The topological polar surface area (TPSA) is 18.5 Å². The van der Waals surface area contributed by atoms with E-state index < -0.39 is 0 Å². The number of unbranched alkanes of at least 4 members (excludes halogenated alkanes) is 2. The van der Waals surface area contributed by atoms with E-state index in [0.717, 1.165) is 43.8 Å². The quantitative estimate of drug-likeness (QED) is 0.443. The van der Waals surface area contributed by atoms with Crippen molar-refractivity contribution in [2.75, 3.05) is 13.2 Å². The summed E-state index contributed by atoms with van der Waals surface area (Å²) in [7, 11) is 0. The lowest BCUT2D eigenvalue weighted by Crippen LogP contribution is -1.99. The molecule has 0 spiro atoms. The summed E-state index contributed by atoms with van der Waals surface area (Å²) in [4.78, 5) is 0. The summed E-state index contributed by atoms with van der Waals surface area (Å²) < 4.78 is 11.4. The molecule has 0 fully saturated rings. The normalized spacial score (nSPS) is 11.3. The molecule has 0 aliphatic rings. The minimum absolute atomic E-state index is 0.714. The van der Waals surface area contributed by atoms with E-state index in [4.69, 9.17) is 9.47 Å². The first-order chi connectivity index (χ1) is 9.86. The van der Waals surface area contributed by atoms with Gasteiger partial charge in [-0.15, -0.1) is 0 Å². The van der Waals surface area contributed by atoms with E-state index in [-0.39, 0.29) is 0 Å². The second-order valence-corrected chi connectivity index (χ2v) is 4.51. The number of benzene rings is 1. The monoisotopic (exact) mass is 273 g/mol. The molecule has 1 aromatic rings. The van der Waals surface area contributed by atoms with E-state index in [1.54, 1.807) is 0 Å². The lowest BCUT2D eigenvalue weighted by atomic mass is 10.3. The largest absolute Gasteiger partial charge is 0.493 e. The zero-order chi connectivity index (χ0) is 14.5. The van der Waals surface area contributed by atoms with Gasteiger partial charge in [0.2, 0.25) is 0 Å². The molecule has 0 heterocycles. The van der Waals surface area contributed by atoms with Crippen molar-refractivity contribution >= 4 is 0 Å². The van der Waals surface area contributed by atoms with Crippen LogP contribution in [0.2, 0.25) is 0 Å². The van der Waals surface area contributed by atoms with Crippen molar-refractivity contribution in [1.82, 2.24) is 0 Å². The fraction of sp³-hybridized carbons (Fsp3) is 0.444. The molecular weight excluding hydrogens is 248 g/mol. The van der Waals surface area contributed by atoms with Gasteiger partial charge in [0.25, 0.3) is 0 Å². The van der Waals surface area contributed by atoms with Gasteiger partial charge in [-0.25, -0.2) is 0 Å². The summed E-state index contributed by atoms with van der Waals surface area (Å²) in [6, 6.07) is 8.76. The van der Waals surface area contributed by atoms with Gasteiger partial charge < -0.3 is 9.47 Å². The highest BCUT2D eigenvalue weighted by Gasteiger charge is 1.98. The molecule has 1 rings (SSSR count). The van der Waals surface area contributed by atoms with E-state index in [1.807, 2.05) is 32.0 Å². The predicted molar refractivity (Wildman–Crippen MR) is 84.4 cm³/mol. The molecule has 1 aromatic carbocycles. The van der Waals surface area contributed by atoms with Gasteiger partial charge in [-0.3, -0.25) is 0 Å². The minimum Gasteiger partial charge on any atom is -0.493 e. The van der Waals surface area contributed by atoms with Crippen LogP contribution in [0.4, 0.5) is 0 Å². The molecule has 2 heteroatoms. The Morgan fingerprint density at radius 3 is 2.30 bits per heavy atom. The molecular formula is C18H25O2. The van der Waals surface area contributed by atoms with E-state index in [1.165, 1.54) is 0 Å². The lowest BCUT2D eigenvalue weighted by Gasteiger charge is -2.08. The molecule has 0 amide bonds. The van der Waals surface area contributed by atoms with Crippen LogP contribution in [0.5, 0.6) is 11.5 Å². The molecule has 0 aliphatic heterocycles. The standard InChI is InChI=1S/C18H25O2/c1-3-5-7-9-14-19-17-12-11-13-18(16-17)20-15-10-8-6-4-2/h3-6,11-12,16H,7-10,14-15H2,1-2H3. The van der Waals surface area contributed by atoms with Gasteiger partial charge in [-0.1, -0.05) is 24.3 Å². The van der Waals surface area contributed by atoms with Crippen LogP contribution in [0.3, 0.4) is 0 Å². The summed E-state index contributed by atoms with van der Waals surface area (Å²) in [6.07, 6.45) is 12.6. The van der Waals surface area contributed by atoms with Crippen LogP contribution in [0, 0.1) is 6.07 Å². The SMILES string of the molecule is CC=CCCCOc1[c]ccc(OCCCC=CC)c1. The van der Waals surface area contributed by atoms with Gasteiger partial charge in [-0.05, 0) is 51.7 Å². The Morgan fingerprint density at radius 1 is 1.00 bits per heavy atom. The summed E-state index contributed by atoms with van der Waals surface area (Å²) in [5.74, 6) is 1.61. The highest BCUT2D eigenvalue weighted by molar-refractivity contribution is 5.31. The number of hydrogen-bond acceptors (Lipinski definition) is 2. The van der Waals surface area contributed by atoms with E-state index in [2.05, 4.69) is 30.4 Å². The van der Waals surface area contributed by atoms with Crippen molar-refractivity contribution < 1.29 is 9.47 Å². The second kappa shape index (κ2) is 11.2. The van der Waals surface area contributed by atoms with E-state index >= 15 is 0 Å². The van der Waals surface area contributed by atoms with Crippen LogP contribution in [0.15, 0.2) is 42.5 Å². The van der Waals surface area contributed by atoms with Gasteiger partial charge in [0, 0.05) is 12.1 Å². The maximum absolute atomic E-state index is 5.69. The fourth-order valence-electron chi connectivity index (χ4n) is 1.71. The molecule has 0 bridgehead atoms. The van der Waals surface area contributed by atoms with Crippen LogP contribution in [-0.4, -0.2) is 13.2 Å². The molecule has 20 heavy (non-hydrogen) atoms. The first-order valence-corrected chi connectivity index (χ1v) is 7.36. The van der Waals surface area contributed by atoms with Crippen LogP contribution in [-0.2, 0) is 0 Å². The summed E-state index contributed by atoms with van der Waals surface area (Å²) >= 11 is 0. The van der Waals surface area contributed by atoms with Crippen LogP contribution in [0.25, 0.3) is 0 Å². The van der Waals surface area contributed by atoms with E-state index in [0.29, 0.717) is 6.61 Å². The van der Waals surface area contributed by atoms with E-state index in [9.17, 15) is 0 Å². The van der Waals surface area contributed by atoms with Crippen molar-refractivity contribution in [2.24, 2.45) is 0 Å². The summed E-state index contributed by atoms with van der Waals surface area (Å²) in [6.45, 7) is 5.51. The molecule has 1 radical (unpaired) electrons. The molecule has 0 aromatic heterocycles. The zero-order valence-corrected chi connectivity index (χ0v) is 12.6. The molecule has 0 atom stereocenters. The average Bonchev–Trinajstić information content (AvgIpc) is 2.47. The second-order valence-electron chi connectivity index (χ2n) is 4.51. The van der Waals surface area contributed by atoms with Gasteiger partial charge in [-0.2, -0.15) is 0 Å². The third kappa shape index (κ3) is 7.67. The maximum Gasteiger partial charge on any atom is 0.130 e. The third-order valence-corrected chi connectivity index (χ3v) is 2.77. The highest BCUT2D eigenvalue weighted by Crippen LogP contribution is 2.19. The van der Waals surface area contributed by atoms with Crippen molar-refractivity contribution in [1.29, 1.82) is 0 Å². The Labute approximate surface area is 123 Å². The van der Waals surface area contributed by atoms with Crippen molar-refractivity contribution in [3.05, 3.63) is 48.6 Å². The Bertz CT molecular complexity index is 372. The Morgan fingerprint density at radius 2 is 1.65 bits per heavy atom.